The number of hydrogen-bond donors (Lipinski definition) is 2. The van der Waals surface area contributed by atoms with Crippen molar-refractivity contribution in [1.29, 1.82) is 0 Å². The number of carbonyl (C=O) groups excluding carboxylic acids is 2. The molecule has 2 atom stereocenters. The zero-order valence-electron chi connectivity index (χ0n) is 14.1. The highest BCUT2D eigenvalue weighted by Gasteiger charge is 2.28. The lowest BCUT2D eigenvalue weighted by Gasteiger charge is -2.29. The second-order valence-electron chi connectivity index (χ2n) is 6.41. The summed E-state index contributed by atoms with van der Waals surface area (Å²) in [6.07, 6.45) is 1.45. The standard InChI is InChI=1S/C18H25N3O3/c1-13-17(19-8-10-24-13)18(23)20-11-14-5-2-3-6-15(14)12-21-9-4-7-16(21)22/h2-3,5-6,13,17,19H,4,7-12H2,1H3,(H,20,23)/t13-,17+/m1/s1. The molecule has 0 saturated carbocycles. The number of carbonyl (C=O) groups is 2. The summed E-state index contributed by atoms with van der Waals surface area (Å²) in [4.78, 5) is 26.1. The SMILES string of the molecule is C[C@H]1OCCN[C@@H]1C(=O)NCc1ccccc1CN1CCCC1=O. The summed E-state index contributed by atoms with van der Waals surface area (Å²) in [5, 5.41) is 6.18. The summed E-state index contributed by atoms with van der Waals surface area (Å²) in [5.74, 6) is 0.167. The predicted molar refractivity (Wildman–Crippen MR) is 90.1 cm³/mol. The number of nitrogens with zero attached hydrogens (tertiary/aromatic N) is 1. The molecule has 6 nitrogen and oxygen atoms in total. The molecular weight excluding hydrogens is 306 g/mol. The van der Waals surface area contributed by atoms with Crippen molar-refractivity contribution in [2.75, 3.05) is 19.7 Å². The molecule has 24 heavy (non-hydrogen) atoms. The van der Waals surface area contributed by atoms with Crippen LogP contribution in [-0.4, -0.2) is 48.6 Å². The minimum absolute atomic E-state index is 0.0470. The van der Waals surface area contributed by atoms with Crippen molar-refractivity contribution >= 4 is 11.8 Å². The van der Waals surface area contributed by atoms with Crippen molar-refractivity contribution in [3.63, 3.8) is 0 Å². The van der Waals surface area contributed by atoms with E-state index in [0.717, 1.165) is 24.1 Å². The van der Waals surface area contributed by atoms with E-state index < -0.39 is 0 Å². The van der Waals surface area contributed by atoms with Crippen LogP contribution in [0.25, 0.3) is 0 Å². The molecule has 2 fully saturated rings. The maximum Gasteiger partial charge on any atom is 0.240 e. The summed E-state index contributed by atoms with van der Waals surface area (Å²) in [5.41, 5.74) is 2.14. The monoisotopic (exact) mass is 331 g/mol. The van der Waals surface area contributed by atoms with E-state index in [-0.39, 0.29) is 24.0 Å². The van der Waals surface area contributed by atoms with Crippen molar-refractivity contribution in [3.8, 4) is 0 Å². The van der Waals surface area contributed by atoms with Gasteiger partial charge in [-0.25, -0.2) is 0 Å². The highest BCUT2D eigenvalue weighted by atomic mass is 16.5. The summed E-state index contributed by atoms with van der Waals surface area (Å²) in [6, 6.07) is 7.65. The summed E-state index contributed by atoms with van der Waals surface area (Å²) >= 11 is 0. The molecule has 1 aromatic rings. The molecular formula is C18H25N3O3. The smallest absolute Gasteiger partial charge is 0.240 e. The number of ether oxygens (including phenoxy) is 1. The Morgan fingerprint density at radius 2 is 2.17 bits per heavy atom. The van der Waals surface area contributed by atoms with Gasteiger partial charge in [0.2, 0.25) is 11.8 Å². The maximum absolute atomic E-state index is 12.4. The molecule has 130 valence electrons. The molecule has 2 saturated heterocycles. The van der Waals surface area contributed by atoms with Crippen LogP contribution in [0.3, 0.4) is 0 Å². The Balaban J connectivity index is 1.60. The first-order valence-corrected chi connectivity index (χ1v) is 8.62. The van der Waals surface area contributed by atoms with Gasteiger partial charge in [-0.3, -0.25) is 9.59 Å². The van der Waals surface area contributed by atoms with Crippen LogP contribution in [0.15, 0.2) is 24.3 Å². The normalized spacial score (nSPS) is 24.2. The molecule has 0 aliphatic carbocycles. The first-order chi connectivity index (χ1) is 11.6. The quantitative estimate of drug-likeness (QED) is 0.837. The highest BCUT2D eigenvalue weighted by Crippen LogP contribution is 2.17. The van der Waals surface area contributed by atoms with Crippen molar-refractivity contribution in [2.24, 2.45) is 0 Å². The van der Waals surface area contributed by atoms with E-state index in [1.54, 1.807) is 0 Å². The Morgan fingerprint density at radius 3 is 2.88 bits per heavy atom. The number of nitrogens with one attached hydrogen (secondary N) is 2. The molecule has 0 aromatic heterocycles. The van der Waals surface area contributed by atoms with Crippen LogP contribution in [0.4, 0.5) is 0 Å². The fourth-order valence-corrected chi connectivity index (χ4v) is 3.28. The number of benzene rings is 1. The zero-order valence-corrected chi connectivity index (χ0v) is 14.1. The van der Waals surface area contributed by atoms with Gasteiger partial charge < -0.3 is 20.3 Å². The van der Waals surface area contributed by atoms with E-state index in [2.05, 4.69) is 10.6 Å². The maximum atomic E-state index is 12.4. The predicted octanol–water partition coefficient (Wildman–Crippen LogP) is 0.802. The van der Waals surface area contributed by atoms with Crippen LogP contribution in [0.5, 0.6) is 0 Å². The highest BCUT2D eigenvalue weighted by molar-refractivity contribution is 5.82. The van der Waals surface area contributed by atoms with Crippen LogP contribution in [-0.2, 0) is 27.4 Å². The number of amides is 2. The molecule has 2 N–H and O–H groups in total. The third-order valence-corrected chi connectivity index (χ3v) is 4.70. The van der Waals surface area contributed by atoms with Crippen molar-refractivity contribution in [3.05, 3.63) is 35.4 Å². The largest absolute Gasteiger partial charge is 0.375 e. The lowest BCUT2D eigenvalue weighted by Crippen LogP contribution is -2.55. The Morgan fingerprint density at radius 1 is 1.38 bits per heavy atom. The third-order valence-electron chi connectivity index (χ3n) is 4.70. The molecule has 1 aromatic carbocycles. The molecule has 2 amide bonds. The van der Waals surface area contributed by atoms with E-state index in [1.165, 1.54) is 0 Å². The number of hydrogen-bond acceptors (Lipinski definition) is 4. The van der Waals surface area contributed by atoms with Crippen molar-refractivity contribution < 1.29 is 14.3 Å². The van der Waals surface area contributed by atoms with Crippen molar-refractivity contribution in [1.82, 2.24) is 15.5 Å². The minimum atomic E-state index is -0.314. The summed E-state index contributed by atoms with van der Waals surface area (Å²) in [6.45, 7) is 5.13. The van der Waals surface area contributed by atoms with E-state index >= 15 is 0 Å². The number of rotatable bonds is 5. The van der Waals surface area contributed by atoms with E-state index in [0.29, 0.717) is 32.7 Å². The van der Waals surface area contributed by atoms with Crippen LogP contribution in [0.2, 0.25) is 0 Å². The summed E-state index contributed by atoms with van der Waals surface area (Å²) in [7, 11) is 0. The fourth-order valence-electron chi connectivity index (χ4n) is 3.28. The Bertz CT molecular complexity index is 605. The second-order valence-corrected chi connectivity index (χ2v) is 6.41. The van der Waals surface area contributed by atoms with Gasteiger partial charge in [0.25, 0.3) is 0 Å². The topological polar surface area (TPSA) is 70.7 Å². The summed E-state index contributed by atoms with van der Waals surface area (Å²) < 4.78 is 5.52. The molecule has 0 unspecified atom stereocenters. The van der Waals surface area contributed by atoms with Crippen LogP contribution >= 0.6 is 0 Å². The van der Waals surface area contributed by atoms with Gasteiger partial charge >= 0.3 is 0 Å². The third kappa shape index (κ3) is 3.94. The average molecular weight is 331 g/mol. The molecule has 0 bridgehead atoms. The van der Waals surface area contributed by atoms with Gasteiger partial charge in [-0.1, -0.05) is 24.3 Å². The Labute approximate surface area is 142 Å². The van der Waals surface area contributed by atoms with Gasteiger partial charge in [0.1, 0.15) is 6.04 Å². The molecule has 6 heteroatoms. The lowest BCUT2D eigenvalue weighted by atomic mass is 10.1. The van der Waals surface area contributed by atoms with Crippen molar-refractivity contribution in [2.45, 2.75) is 45.0 Å². The first-order valence-electron chi connectivity index (χ1n) is 8.62. The van der Waals surface area contributed by atoms with Gasteiger partial charge in [-0.05, 0) is 24.5 Å². The van der Waals surface area contributed by atoms with Gasteiger partial charge in [-0.15, -0.1) is 0 Å². The minimum Gasteiger partial charge on any atom is -0.375 e. The Kier molecular flexibility index (Phi) is 5.48. The zero-order chi connectivity index (χ0) is 16.9. The van der Waals surface area contributed by atoms with Gasteiger partial charge in [-0.2, -0.15) is 0 Å². The molecule has 0 spiro atoms. The Hall–Kier alpha value is -1.92. The average Bonchev–Trinajstić information content (AvgIpc) is 2.99. The lowest BCUT2D eigenvalue weighted by molar-refractivity contribution is -0.129. The van der Waals surface area contributed by atoms with Gasteiger partial charge in [0, 0.05) is 32.6 Å². The fraction of sp³-hybridized carbons (Fsp3) is 0.556. The number of likely N-dealkylation sites (tertiary alicyclic amines) is 1. The van der Waals surface area contributed by atoms with E-state index in [4.69, 9.17) is 4.74 Å². The van der Waals surface area contributed by atoms with Crippen LogP contribution in [0.1, 0.15) is 30.9 Å². The van der Waals surface area contributed by atoms with Gasteiger partial charge in [0.15, 0.2) is 0 Å². The second kappa shape index (κ2) is 7.77. The number of morpholine rings is 1. The van der Waals surface area contributed by atoms with E-state index in [1.807, 2.05) is 36.1 Å². The molecule has 2 aliphatic heterocycles. The molecule has 2 heterocycles. The van der Waals surface area contributed by atoms with Crippen LogP contribution in [0, 0.1) is 0 Å². The van der Waals surface area contributed by atoms with Crippen LogP contribution < -0.4 is 10.6 Å². The molecule has 0 radical (unpaired) electrons. The van der Waals surface area contributed by atoms with E-state index in [9.17, 15) is 9.59 Å². The first kappa shape index (κ1) is 16.9. The molecule has 3 rings (SSSR count). The molecule has 2 aliphatic rings. The van der Waals surface area contributed by atoms with Gasteiger partial charge in [0.05, 0.1) is 12.7 Å².